The second-order valence-corrected chi connectivity index (χ2v) is 10.8. The number of nitrogens with zero attached hydrogens (tertiary/aromatic N) is 4. The summed E-state index contributed by atoms with van der Waals surface area (Å²) in [6.45, 7) is 4.37. The number of fused-ring (bicyclic) bond motifs is 1. The highest BCUT2D eigenvalue weighted by Crippen LogP contribution is 2.23. The second kappa shape index (κ2) is 9.36. The summed E-state index contributed by atoms with van der Waals surface area (Å²) in [6.07, 6.45) is 1.21. The molecule has 0 aliphatic carbocycles. The Labute approximate surface area is 199 Å². The lowest BCUT2D eigenvalue weighted by Crippen LogP contribution is -2.54. The number of nitrogens with one attached hydrogen (secondary N) is 2. The fraction of sp³-hybridized carbons (Fsp3) is 0.417. The number of likely N-dealkylation sites (tertiary alicyclic amines) is 1. The molecule has 5 rings (SSSR count). The van der Waals surface area contributed by atoms with Crippen LogP contribution in [0.1, 0.15) is 12.8 Å². The Kier molecular flexibility index (Phi) is 6.28. The molecule has 180 valence electrons. The van der Waals surface area contributed by atoms with Crippen LogP contribution in [0.2, 0.25) is 0 Å². The number of benzene rings is 2. The largest absolute Gasteiger partial charge is 0.338 e. The zero-order valence-corrected chi connectivity index (χ0v) is 20.1. The number of carbonyl (C=O) groups is 1. The van der Waals surface area contributed by atoms with E-state index in [1.54, 1.807) is 24.3 Å². The molecule has 10 heteroatoms. The Bertz CT molecular complexity index is 1220. The minimum atomic E-state index is -3.65. The number of aromatic nitrogens is 2. The molecule has 2 saturated heterocycles. The van der Waals surface area contributed by atoms with Crippen LogP contribution in [0.25, 0.3) is 22.4 Å². The minimum absolute atomic E-state index is 0.0654. The fourth-order valence-corrected chi connectivity index (χ4v) is 5.86. The summed E-state index contributed by atoms with van der Waals surface area (Å²) in [5, 5.41) is 0. The maximum atomic E-state index is 13.0. The first-order valence-electron chi connectivity index (χ1n) is 11.7. The first kappa shape index (κ1) is 22.8. The zero-order chi connectivity index (χ0) is 23.7. The monoisotopic (exact) mass is 482 g/mol. The molecule has 1 aromatic heterocycles. The van der Waals surface area contributed by atoms with Gasteiger partial charge >= 0.3 is 6.03 Å². The van der Waals surface area contributed by atoms with Gasteiger partial charge in [0.15, 0.2) is 0 Å². The van der Waals surface area contributed by atoms with Crippen molar-refractivity contribution in [2.45, 2.75) is 23.8 Å². The average Bonchev–Trinajstić information content (AvgIpc) is 3.29. The Morgan fingerprint density at radius 2 is 1.59 bits per heavy atom. The molecule has 0 bridgehead atoms. The molecule has 2 aromatic carbocycles. The molecule has 0 spiro atoms. The van der Waals surface area contributed by atoms with Crippen molar-refractivity contribution in [2.75, 3.05) is 46.3 Å². The molecule has 2 aliphatic rings. The highest BCUT2D eigenvalue weighted by atomic mass is 32.2. The van der Waals surface area contributed by atoms with Gasteiger partial charge in [0.2, 0.25) is 10.0 Å². The van der Waals surface area contributed by atoms with E-state index >= 15 is 0 Å². The number of aromatic amines is 1. The van der Waals surface area contributed by atoms with Crippen molar-refractivity contribution in [3.63, 3.8) is 0 Å². The molecule has 34 heavy (non-hydrogen) atoms. The molecule has 3 heterocycles. The average molecular weight is 483 g/mol. The number of amides is 2. The van der Waals surface area contributed by atoms with Gasteiger partial charge in [-0.05, 0) is 56.3 Å². The predicted molar refractivity (Wildman–Crippen MR) is 131 cm³/mol. The lowest BCUT2D eigenvalue weighted by molar-refractivity contribution is 0.113. The number of carbonyl (C=O) groups excluding carboxylic acids is 1. The highest BCUT2D eigenvalue weighted by molar-refractivity contribution is 7.89. The zero-order valence-electron chi connectivity index (χ0n) is 19.3. The molecule has 0 radical (unpaired) electrons. The van der Waals surface area contributed by atoms with Crippen LogP contribution in [0, 0.1) is 0 Å². The van der Waals surface area contributed by atoms with Crippen LogP contribution in [0.3, 0.4) is 0 Å². The molecular weight excluding hydrogens is 452 g/mol. The van der Waals surface area contributed by atoms with Crippen LogP contribution in [-0.4, -0.2) is 91.5 Å². The third-order valence-electron chi connectivity index (χ3n) is 6.69. The van der Waals surface area contributed by atoms with Crippen molar-refractivity contribution in [1.29, 1.82) is 0 Å². The normalized spacial score (nSPS) is 18.5. The van der Waals surface area contributed by atoms with E-state index < -0.39 is 10.0 Å². The second-order valence-electron chi connectivity index (χ2n) is 9.08. The van der Waals surface area contributed by atoms with Gasteiger partial charge in [0.25, 0.3) is 0 Å². The van der Waals surface area contributed by atoms with Crippen molar-refractivity contribution >= 4 is 27.1 Å². The van der Waals surface area contributed by atoms with Crippen LogP contribution in [0.4, 0.5) is 4.79 Å². The molecule has 0 atom stereocenters. The molecule has 3 aromatic rings. The van der Waals surface area contributed by atoms with Gasteiger partial charge in [0.1, 0.15) is 5.82 Å². The van der Waals surface area contributed by atoms with Gasteiger partial charge in [-0.3, -0.25) is 0 Å². The summed E-state index contributed by atoms with van der Waals surface area (Å²) in [4.78, 5) is 26.8. The topological polar surface area (TPSA) is 102 Å². The number of piperazine rings is 1. The third kappa shape index (κ3) is 4.79. The van der Waals surface area contributed by atoms with E-state index in [-0.39, 0.29) is 17.0 Å². The molecule has 2 amide bonds. The lowest BCUT2D eigenvalue weighted by Gasteiger charge is -2.39. The molecule has 9 nitrogen and oxygen atoms in total. The van der Waals surface area contributed by atoms with Crippen molar-refractivity contribution in [3.8, 4) is 11.4 Å². The van der Waals surface area contributed by atoms with E-state index in [0.29, 0.717) is 31.8 Å². The van der Waals surface area contributed by atoms with Crippen LogP contribution >= 0.6 is 0 Å². The molecule has 2 fully saturated rings. The van der Waals surface area contributed by atoms with E-state index in [4.69, 9.17) is 0 Å². The third-order valence-corrected chi connectivity index (χ3v) is 8.22. The Morgan fingerprint density at radius 1 is 0.941 bits per heavy atom. The molecular formula is C24H30N6O3S. The predicted octanol–water partition coefficient (Wildman–Crippen LogP) is 2.34. The Hall–Kier alpha value is -2.95. The van der Waals surface area contributed by atoms with Crippen molar-refractivity contribution < 1.29 is 13.2 Å². The maximum absolute atomic E-state index is 13.0. The quantitative estimate of drug-likeness (QED) is 0.594. The summed E-state index contributed by atoms with van der Waals surface area (Å²) >= 11 is 0. The van der Waals surface area contributed by atoms with Crippen LogP contribution < -0.4 is 4.72 Å². The number of hydrogen-bond donors (Lipinski definition) is 2. The van der Waals surface area contributed by atoms with Gasteiger partial charge in [-0.2, -0.15) is 0 Å². The van der Waals surface area contributed by atoms with Gasteiger partial charge in [0.05, 0.1) is 15.9 Å². The van der Waals surface area contributed by atoms with Crippen molar-refractivity contribution in [1.82, 2.24) is 29.4 Å². The van der Waals surface area contributed by atoms with Gasteiger partial charge in [-0.25, -0.2) is 22.9 Å². The molecule has 2 aliphatic heterocycles. The summed E-state index contributed by atoms with van der Waals surface area (Å²) in [5.74, 6) is 0.704. The number of piperidine rings is 1. The number of hydrogen-bond acceptors (Lipinski definition) is 5. The smallest absolute Gasteiger partial charge is 0.320 e. The Balaban J connectivity index is 1.18. The number of imidazole rings is 1. The van der Waals surface area contributed by atoms with Gasteiger partial charge < -0.3 is 19.7 Å². The molecule has 2 N–H and O–H groups in total. The maximum Gasteiger partial charge on any atom is 0.320 e. The highest BCUT2D eigenvalue weighted by Gasteiger charge is 2.30. The molecule has 0 saturated carbocycles. The van der Waals surface area contributed by atoms with Crippen LogP contribution in [-0.2, 0) is 10.0 Å². The van der Waals surface area contributed by atoms with E-state index in [9.17, 15) is 13.2 Å². The number of rotatable bonds is 4. The summed E-state index contributed by atoms with van der Waals surface area (Å²) < 4.78 is 28.7. The SMILES string of the molecule is CN1CCN(C(=O)N2CCC(NS(=O)(=O)c3ccc(-c4nc5ccccc5[nH]4)cc3)CC2)CC1. The number of sulfonamides is 1. The van der Waals surface area contributed by atoms with E-state index in [2.05, 4.69) is 26.6 Å². The van der Waals surface area contributed by atoms with E-state index in [1.807, 2.05) is 34.1 Å². The summed E-state index contributed by atoms with van der Waals surface area (Å²) in [6, 6.07) is 14.4. The fourth-order valence-electron chi connectivity index (χ4n) is 4.56. The first-order valence-corrected chi connectivity index (χ1v) is 13.2. The van der Waals surface area contributed by atoms with Gasteiger partial charge in [0, 0.05) is 50.9 Å². The summed E-state index contributed by atoms with van der Waals surface area (Å²) in [5.41, 5.74) is 2.63. The molecule has 0 unspecified atom stereocenters. The summed E-state index contributed by atoms with van der Waals surface area (Å²) in [7, 11) is -1.59. The van der Waals surface area contributed by atoms with Crippen molar-refractivity contribution in [2.24, 2.45) is 0 Å². The standard InChI is InChI=1S/C24H30N6O3S/c1-28-14-16-30(17-15-28)24(31)29-12-10-19(11-13-29)27-34(32,33)20-8-6-18(7-9-20)23-25-21-4-2-3-5-22(21)26-23/h2-9,19,27H,10-17H2,1H3,(H,25,26). The van der Waals surface area contributed by atoms with Gasteiger partial charge in [-0.1, -0.05) is 12.1 Å². The number of para-hydroxylation sites is 2. The number of likely N-dealkylation sites (N-methyl/N-ethyl adjacent to an activating group) is 1. The van der Waals surface area contributed by atoms with Crippen molar-refractivity contribution in [3.05, 3.63) is 48.5 Å². The number of urea groups is 1. The number of H-pyrrole nitrogens is 1. The van der Waals surface area contributed by atoms with E-state index in [1.165, 1.54) is 0 Å². The lowest BCUT2D eigenvalue weighted by atomic mass is 10.1. The first-order chi connectivity index (χ1) is 16.4. The van der Waals surface area contributed by atoms with Crippen LogP contribution in [0.15, 0.2) is 53.4 Å². The van der Waals surface area contributed by atoms with Gasteiger partial charge in [-0.15, -0.1) is 0 Å². The minimum Gasteiger partial charge on any atom is -0.338 e. The van der Waals surface area contributed by atoms with E-state index in [0.717, 1.165) is 42.8 Å². The van der Waals surface area contributed by atoms with Crippen LogP contribution in [0.5, 0.6) is 0 Å². The Morgan fingerprint density at radius 3 is 2.26 bits per heavy atom.